The molecule has 34 heavy (non-hydrogen) atoms. The molecule has 0 amide bonds. The number of carbonyl (C=O) groups excluding carboxylic acids is 1. The molecule has 9 N–H and O–H groups in total. The summed E-state index contributed by atoms with van der Waals surface area (Å²) in [7, 11) is 0. The van der Waals surface area contributed by atoms with Crippen molar-refractivity contribution in [2.24, 2.45) is 0 Å². The summed E-state index contributed by atoms with van der Waals surface area (Å²) in [6.07, 6.45) is 5.10. The lowest BCUT2D eigenvalue weighted by Crippen LogP contribution is -2.44. The number of ketones is 1. The van der Waals surface area contributed by atoms with E-state index in [2.05, 4.69) is 0 Å². The minimum Gasteiger partial charge on any atom is -0.481 e. The second-order valence-corrected chi connectivity index (χ2v) is 7.58. The van der Waals surface area contributed by atoms with Crippen LogP contribution in [0.2, 0.25) is 0 Å². The smallest absolute Gasteiger partial charge is 0.303 e. The van der Waals surface area contributed by atoms with Gasteiger partial charge in [0, 0.05) is 26.1 Å². The molecule has 0 unspecified atom stereocenters. The molecule has 12 nitrogen and oxygen atoms in total. The first-order valence-electron chi connectivity index (χ1n) is 11.5. The van der Waals surface area contributed by atoms with Crippen LogP contribution in [0.25, 0.3) is 0 Å². The van der Waals surface area contributed by atoms with Crippen LogP contribution in [-0.2, 0) is 14.4 Å². The topological polar surface area (TPSA) is 233 Å². The number of aliphatic hydroxyl groups is 7. The summed E-state index contributed by atoms with van der Waals surface area (Å²) in [4.78, 5) is 30.3. The predicted octanol–water partition coefficient (Wildman–Crippen LogP) is -0.569. The first-order valence-corrected chi connectivity index (χ1v) is 11.5. The third kappa shape index (κ3) is 28.4. The summed E-state index contributed by atoms with van der Waals surface area (Å²) in [6, 6.07) is 0. The summed E-state index contributed by atoms with van der Waals surface area (Å²) in [5.41, 5.74) is 0. The van der Waals surface area contributed by atoms with Crippen LogP contribution in [0.4, 0.5) is 0 Å². The van der Waals surface area contributed by atoms with E-state index in [1.165, 1.54) is 25.7 Å². The fourth-order valence-electron chi connectivity index (χ4n) is 2.44. The highest BCUT2D eigenvalue weighted by molar-refractivity contribution is 5.84. The number of aliphatic hydroxyl groups excluding tert-OH is 7. The maximum atomic E-state index is 10.5. The van der Waals surface area contributed by atoms with E-state index in [1.54, 1.807) is 0 Å². The summed E-state index contributed by atoms with van der Waals surface area (Å²) in [5, 5.41) is 76.3. The fraction of sp³-hybridized carbons (Fsp3) is 0.864. The Bertz CT molecular complexity index is 461. The Labute approximate surface area is 200 Å². The third-order valence-corrected chi connectivity index (χ3v) is 4.49. The van der Waals surface area contributed by atoms with Gasteiger partial charge < -0.3 is 46.0 Å². The summed E-state index contributed by atoms with van der Waals surface area (Å²) < 4.78 is 0. The molecule has 0 aromatic heterocycles. The molecular formula is C22H44O12. The monoisotopic (exact) mass is 500 g/mol. The van der Waals surface area contributed by atoms with Crippen molar-refractivity contribution in [2.75, 3.05) is 26.4 Å². The lowest BCUT2D eigenvalue weighted by molar-refractivity contribution is -0.142. The van der Waals surface area contributed by atoms with Gasteiger partial charge in [0.2, 0.25) is 0 Å². The normalized spacial score (nSPS) is 12.9. The highest BCUT2D eigenvalue weighted by Gasteiger charge is 2.28. The number of Topliss-reactive ketones (excluding diaryl/α,β-unsaturated/α-hetero) is 1. The molecule has 0 aliphatic carbocycles. The van der Waals surface area contributed by atoms with Crippen LogP contribution in [0.3, 0.4) is 0 Å². The molecule has 0 rings (SSSR count). The molecule has 12 heteroatoms. The first-order chi connectivity index (χ1) is 16.1. The van der Waals surface area contributed by atoms with E-state index >= 15 is 0 Å². The van der Waals surface area contributed by atoms with Gasteiger partial charge in [-0.2, -0.15) is 0 Å². The van der Waals surface area contributed by atoms with Crippen molar-refractivity contribution in [1.29, 1.82) is 0 Å². The number of aliphatic carboxylic acids is 2. The molecule has 0 saturated carbocycles. The minimum atomic E-state index is -1.86. The molecule has 0 radical (unpaired) electrons. The van der Waals surface area contributed by atoms with Crippen LogP contribution in [-0.4, -0.2) is 108 Å². The number of hydrogen-bond acceptors (Lipinski definition) is 10. The SMILES string of the molecule is O=C(CO)[C@H](O)[C@@H](O)[C@H](O)CO.O=C(O)CCCCC(=O)O.OCCCCCCCCCCO. The van der Waals surface area contributed by atoms with Gasteiger partial charge in [0.05, 0.1) is 6.61 Å². The Hall–Kier alpha value is -1.67. The average molecular weight is 501 g/mol. The van der Waals surface area contributed by atoms with Crippen molar-refractivity contribution in [2.45, 2.75) is 95.4 Å². The number of rotatable bonds is 19. The van der Waals surface area contributed by atoms with E-state index in [4.69, 9.17) is 46.0 Å². The first kappa shape index (κ1) is 36.9. The Kier molecular flexibility index (Phi) is 29.9. The van der Waals surface area contributed by atoms with E-state index in [1.807, 2.05) is 0 Å². The molecule has 0 fully saturated rings. The van der Waals surface area contributed by atoms with Gasteiger partial charge in [-0.05, 0) is 25.7 Å². The van der Waals surface area contributed by atoms with Gasteiger partial charge in [-0.1, -0.05) is 38.5 Å². The van der Waals surface area contributed by atoms with Crippen LogP contribution in [0.15, 0.2) is 0 Å². The standard InChI is InChI=1S/C10H22O2.C6H12O6.C6H10O4/c11-9-7-5-3-1-2-4-6-8-10-12;7-1-3(9)5(11)6(12)4(10)2-8;7-5(8)3-1-2-4-6(9)10/h11-12H,1-10H2;3,5-9,11-12H,1-2H2;1-4H2,(H,7,8)(H,9,10)/t;3-,5+,6+;/m.1./s1. The Balaban J connectivity index is -0.000000426. The minimum absolute atomic E-state index is 0.0628. The van der Waals surface area contributed by atoms with Crippen molar-refractivity contribution < 1.29 is 60.3 Å². The number of carbonyl (C=O) groups is 3. The average Bonchev–Trinajstić information content (AvgIpc) is 2.82. The molecule has 0 spiro atoms. The quantitative estimate of drug-likeness (QED) is 0.101. The molecule has 0 heterocycles. The Morgan fingerprint density at radius 1 is 0.559 bits per heavy atom. The summed E-state index contributed by atoms with van der Waals surface area (Å²) in [6.45, 7) is -1.01. The number of hydrogen-bond donors (Lipinski definition) is 9. The number of unbranched alkanes of at least 4 members (excludes halogenated alkanes) is 8. The van der Waals surface area contributed by atoms with Crippen LogP contribution in [0.5, 0.6) is 0 Å². The largest absolute Gasteiger partial charge is 0.481 e. The van der Waals surface area contributed by atoms with E-state index < -0.39 is 49.2 Å². The van der Waals surface area contributed by atoms with Crippen LogP contribution in [0.1, 0.15) is 77.0 Å². The molecule has 0 aromatic carbocycles. The maximum Gasteiger partial charge on any atom is 0.303 e. The lowest BCUT2D eigenvalue weighted by Gasteiger charge is -2.19. The summed E-state index contributed by atoms with van der Waals surface area (Å²) >= 11 is 0. The van der Waals surface area contributed by atoms with E-state index in [9.17, 15) is 14.4 Å². The Morgan fingerprint density at radius 2 is 0.912 bits per heavy atom. The van der Waals surface area contributed by atoms with Crippen LogP contribution >= 0.6 is 0 Å². The molecule has 0 aliphatic heterocycles. The molecule has 0 aromatic rings. The van der Waals surface area contributed by atoms with E-state index in [0.29, 0.717) is 26.1 Å². The van der Waals surface area contributed by atoms with Gasteiger partial charge in [-0.3, -0.25) is 14.4 Å². The van der Waals surface area contributed by atoms with Crippen molar-refractivity contribution in [3.63, 3.8) is 0 Å². The molecule has 0 bridgehead atoms. The lowest BCUT2D eigenvalue weighted by atomic mass is 10.1. The van der Waals surface area contributed by atoms with Crippen molar-refractivity contribution in [3.05, 3.63) is 0 Å². The zero-order chi connectivity index (χ0) is 26.8. The maximum absolute atomic E-state index is 10.5. The van der Waals surface area contributed by atoms with Crippen molar-refractivity contribution in [1.82, 2.24) is 0 Å². The van der Waals surface area contributed by atoms with Gasteiger partial charge in [-0.15, -0.1) is 0 Å². The van der Waals surface area contributed by atoms with E-state index in [-0.39, 0.29) is 12.8 Å². The van der Waals surface area contributed by atoms with Gasteiger partial charge in [-0.25, -0.2) is 0 Å². The Morgan fingerprint density at radius 3 is 1.18 bits per heavy atom. The molecule has 0 aliphatic rings. The van der Waals surface area contributed by atoms with Crippen LogP contribution in [0, 0.1) is 0 Å². The van der Waals surface area contributed by atoms with Gasteiger partial charge in [0.15, 0.2) is 5.78 Å². The summed E-state index contributed by atoms with van der Waals surface area (Å²) in [5.74, 6) is -2.74. The zero-order valence-electron chi connectivity index (χ0n) is 19.8. The van der Waals surface area contributed by atoms with E-state index in [0.717, 1.165) is 25.7 Å². The predicted molar refractivity (Wildman–Crippen MR) is 122 cm³/mol. The van der Waals surface area contributed by atoms with Gasteiger partial charge in [0.25, 0.3) is 0 Å². The van der Waals surface area contributed by atoms with Gasteiger partial charge in [0.1, 0.15) is 24.9 Å². The molecule has 0 saturated heterocycles. The highest BCUT2D eigenvalue weighted by Crippen LogP contribution is 2.07. The van der Waals surface area contributed by atoms with Gasteiger partial charge >= 0.3 is 11.9 Å². The third-order valence-electron chi connectivity index (χ3n) is 4.49. The van der Waals surface area contributed by atoms with Crippen molar-refractivity contribution in [3.8, 4) is 0 Å². The zero-order valence-corrected chi connectivity index (χ0v) is 19.8. The molecule has 204 valence electrons. The molecular weight excluding hydrogens is 456 g/mol. The number of carboxylic acids is 2. The van der Waals surface area contributed by atoms with Crippen LogP contribution < -0.4 is 0 Å². The number of carboxylic acid groups (broad SMARTS) is 2. The second-order valence-electron chi connectivity index (χ2n) is 7.58. The highest BCUT2D eigenvalue weighted by atomic mass is 16.4. The fourth-order valence-corrected chi connectivity index (χ4v) is 2.44. The van der Waals surface area contributed by atoms with Crippen molar-refractivity contribution >= 4 is 17.7 Å². The molecule has 3 atom stereocenters. The second kappa shape index (κ2) is 27.6.